The molecule has 140 valence electrons. The minimum atomic E-state index is -0.00194. The summed E-state index contributed by atoms with van der Waals surface area (Å²) in [6, 6.07) is 20.0. The summed E-state index contributed by atoms with van der Waals surface area (Å²) in [5.74, 6) is 1.64. The van der Waals surface area contributed by atoms with E-state index >= 15 is 0 Å². The van der Waals surface area contributed by atoms with Crippen LogP contribution in [-0.4, -0.2) is 5.91 Å². The van der Waals surface area contributed by atoms with Gasteiger partial charge in [0.2, 0.25) is 5.91 Å². The lowest BCUT2D eigenvalue weighted by atomic mass is 10.1. The van der Waals surface area contributed by atoms with E-state index in [1.54, 1.807) is 0 Å². The number of anilines is 1. The highest BCUT2D eigenvalue weighted by Crippen LogP contribution is 2.24. The average Bonchev–Trinajstić information content (AvgIpc) is 3.15. The summed E-state index contributed by atoms with van der Waals surface area (Å²) in [5.41, 5.74) is 3.18. The Labute approximate surface area is 168 Å². The van der Waals surface area contributed by atoms with Gasteiger partial charge >= 0.3 is 0 Å². The summed E-state index contributed by atoms with van der Waals surface area (Å²) in [5, 5.41) is 2.95. The molecule has 1 aromatic heterocycles. The SMILES string of the molecule is CCCCc1ccc(NC(=O)CCc2ccc(-c3ccc(Br)cc3)o2)cc1. The van der Waals surface area contributed by atoms with E-state index < -0.39 is 0 Å². The first kappa shape index (κ1) is 19.4. The molecule has 1 N–H and O–H groups in total. The number of hydrogen-bond acceptors (Lipinski definition) is 2. The van der Waals surface area contributed by atoms with Crippen molar-refractivity contribution in [3.8, 4) is 11.3 Å². The number of unbranched alkanes of at least 4 members (excludes halogenated alkanes) is 1. The topological polar surface area (TPSA) is 42.2 Å². The molecule has 0 aliphatic rings. The fraction of sp³-hybridized carbons (Fsp3) is 0.261. The highest BCUT2D eigenvalue weighted by atomic mass is 79.9. The van der Waals surface area contributed by atoms with Crippen molar-refractivity contribution in [3.05, 3.63) is 76.5 Å². The summed E-state index contributed by atoms with van der Waals surface area (Å²) in [6.45, 7) is 2.19. The van der Waals surface area contributed by atoms with Crippen LogP contribution in [0.25, 0.3) is 11.3 Å². The van der Waals surface area contributed by atoms with Gasteiger partial charge in [0.1, 0.15) is 11.5 Å². The first-order chi connectivity index (χ1) is 13.1. The largest absolute Gasteiger partial charge is 0.461 e. The second-order valence-electron chi connectivity index (χ2n) is 6.62. The Morgan fingerprint density at radius 3 is 2.41 bits per heavy atom. The Balaban J connectivity index is 1.50. The van der Waals surface area contributed by atoms with Crippen LogP contribution in [0.5, 0.6) is 0 Å². The van der Waals surface area contributed by atoms with Crippen molar-refractivity contribution in [1.29, 1.82) is 0 Å². The molecule has 0 aliphatic carbocycles. The molecule has 0 fully saturated rings. The van der Waals surface area contributed by atoms with E-state index in [-0.39, 0.29) is 5.91 Å². The normalized spacial score (nSPS) is 10.7. The maximum Gasteiger partial charge on any atom is 0.224 e. The number of benzene rings is 2. The summed E-state index contributed by atoms with van der Waals surface area (Å²) in [4.78, 5) is 12.2. The van der Waals surface area contributed by atoms with E-state index in [1.165, 1.54) is 18.4 Å². The van der Waals surface area contributed by atoms with Crippen LogP contribution in [-0.2, 0) is 17.6 Å². The number of amides is 1. The zero-order valence-corrected chi connectivity index (χ0v) is 17.1. The molecule has 0 unspecified atom stereocenters. The monoisotopic (exact) mass is 425 g/mol. The Morgan fingerprint density at radius 2 is 1.70 bits per heavy atom. The summed E-state index contributed by atoms with van der Waals surface area (Å²) < 4.78 is 6.90. The second kappa shape index (κ2) is 9.56. The predicted octanol–water partition coefficient (Wildman–Crippen LogP) is 6.62. The van der Waals surface area contributed by atoms with Gasteiger partial charge in [0.15, 0.2) is 0 Å². The van der Waals surface area contributed by atoms with Gasteiger partial charge in [0.05, 0.1) is 0 Å². The first-order valence-electron chi connectivity index (χ1n) is 9.37. The van der Waals surface area contributed by atoms with E-state index in [1.807, 2.05) is 48.5 Å². The number of carbonyl (C=O) groups excluding carboxylic acids is 1. The van der Waals surface area contributed by atoms with Crippen LogP contribution >= 0.6 is 15.9 Å². The van der Waals surface area contributed by atoms with Crippen LogP contribution in [0.2, 0.25) is 0 Å². The molecule has 1 heterocycles. The van der Waals surface area contributed by atoms with Crippen molar-refractivity contribution in [2.75, 3.05) is 5.32 Å². The van der Waals surface area contributed by atoms with Crippen LogP contribution in [0.15, 0.2) is 69.6 Å². The summed E-state index contributed by atoms with van der Waals surface area (Å²) >= 11 is 3.43. The van der Waals surface area contributed by atoms with Crippen LogP contribution in [0.4, 0.5) is 5.69 Å². The van der Waals surface area contributed by atoms with Gasteiger partial charge in [-0.2, -0.15) is 0 Å². The summed E-state index contributed by atoms with van der Waals surface area (Å²) in [7, 11) is 0. The molecule has 0 radical (unpaired) electrons. The molecule has 3 nitrogen and oxygen atoms in total. The standard InChI is InChI=1S/C23H24BrNO2/c1-2-3-4-17-5-11-20(12-6-17)25-23(26)16-14-21-13-15-22(27-21)18-7-9-19(24)10-8-18/h5-13,15H,2-4,14,16H2,1H3,(H,25,26). The molecule has 2 aromatic carbocycles. The van der Waals surface area contributed by atoms with Crippen molar-refractivity contribution >= 4 is 27.5 Å². The molecule has 0 spiro atoms. The minimum Gasteiger partial charge on any atom is -0.461 e. The fourth-order valence-corrected chi connectivity index (χ4v) is 3.14. The maximum atomic E-state index is 12.2. The second-order valence-corrected chi connectivity index (χ2v) is 7.54. The van der Waals surface area contributed by atoms with E-state index in [9.17, 15) is 4.79 Å². The third kappa shape index (κ3) is 5.83. The summed E-state index contributed by atoms with van der Waals surface area (Å²) in [6.07, 6.45) is 4.44. The quantitative estimate of drug-likeness (QED) is 0.440. The van der Waals surface area contributed by atoms with E-state index in [2.05, 4.69) is 40.3 Å². The predicted molar refractivity (Wildman–Crippen MR) is 114 cm³/mol. The Morgan fingerprint density at radius 1 is 0.963 bits per heavy atom. The van der Waals surface area contributed by atoms with Crippen molar-refractivity contribution < 1.29 is 9.21 Å². The highest BCUT2D eigenvalue weighted by molar-refractivity contribution is 9.10. The number of carbonyl (C=O) groups is 1. The molecule has 0 bridgehead atoms. The molecule has 0 saturated heterocycles. The number of furan rings is 1. The number of nitrogens with one attached hydrogen (secondary N) is 1. The molecule has 3 aromatic rings. The number of halogens is 1. The van der Waals surface area contributed by atoms with Crippen molar-refractivity contribution in [3.63, 3.8) is 0 Å². The van der Waals surface area contributed by atoms with Gasteiger partial charge in [-0.25, -0.2) is 0 Å². The minimum absolute atomic E-state index is 0.00194. The van der Waals surface area contributed by atoms with E-state index in [0.717, 1.165) is 33.7 Å². The lowest BCUT2D eigenvalue weighted by molar-refractivity contribution is -0.116. The van der Waals surface area contributed by atoms with Crippen molar-refractivity contribution in [2.45, 2.75) is 39.0 Å². The molecule has 27 heavy (non-hydrogen) atoms. The van der Waals surface area contributed by atoms with Gasteiger partial charge in [0, 0.05) is 28.6 Å². The fourth-order valence-electron chi connectivity index (χ4n) is 2.88. The Kier molecular flexibility index (Phi) is 6.88. The lowest BCUT2D eigenvalue weighted by Crippen LogP contribution is -2.12. The third-order valence-electron chi connectivity index (χ3n) is 4.45. The number of hydrogen-bond donors (Lipinski definition) is 1. The van der Waals surface area contributed by atoms with Gasteiger partial charge in [-0.1, -0.05) is 53.5 Å². The number of aryl methyl sites for hydroxylation is 2. The highest BCUT2D eigenvalue weighted by Gasteiger charge is 2.08. The molecule has 4 heteroatoms. The molecule has 1 amide bonds. The van der Waals surface area contributed by atoms with Gasteiger partial charge in [-0.3, -0.25) is 4.79 Å². The molecule has 0 saturated carbocycles. The molecular weight excluding hydrogens is 402 g/mol. The van der Waals surface area contributed by atoms with Gasteiger partial charge in [-0.05, 0) is 54.8 Å². The lowest BCUT2D eigenvalue weighted by Gasteiger charge is -2.06. The maximum absolute atomic E-state index is 12.2. The molecule has 3 rings (SSSR count). The van der Waals surface area contributed by atoms with Crippen LogP contribution in [0, 0.1) is 0 Å². The van der Waals surface area contributed by atoms with Gasteiger partial charge in [-0.15, -0.1) is 0 Å². The van der Waals surface area contributed by atoms with E-state index in [4.69, 9.17) is 4.42 Å². The molecule has 0 aliphatic heterocycles. The van der Waals surface area contributed by atoms with Crippen molar-refractivity contribution in [2.24, 2.45) is 0 Å². The smallest absolute Gasteiger partial charge is 0.224 e. The molecule has 0 atom stereocenters. The third-order valence-corrected chi connectivity index (χ3v) is 4.97. The van der Waals surface area contributed by atoms with Crippen molar-refractivity contribution in [1.82, 2.24) is 0 Å². The van der Waals surface area contributed by atoms with E-state index in [0.29, 0.717) is 12.8 Å². The van der Waals surface area contributed by atoms with Gasteiger partial charge in [0.25, 0.3) is 0 Å². The Hall–Kier alpha value is -2.33. The van der Waals surface area contributed by atoms with Crippen LogP contribution in [0.1, 0.15) is 37.5 Å². The van der Waals surface area contributed by atoms with Crippen LogP contribution in [0.3, 0.4) is 0 Å². The molecular formula is C23H24BrNO2. The average molecular weight is 426 g/mol. The zero-order chi connectivity index (χ0) is 19.1. The number of rotatable bonds is 8. The van der Waals surface area contributed by atoms with Crippen LogP contribution < -0.4 is 5.32 Å². The Bertz CT molecular complexity index is 866. The van der Waals surface area contributed by atoms with Gasteiger partial charge < -0.3 is 9.73 Å². The zero-order valence-electron chi connectivity index (χ0n) is 15.5. The first-order valence-corrected chi connectivity index (χ1v) is 10.2.